The van der Waals surface area contributed by atoms with Crippen molar-refractivity contribution in [2.24, 2.45) is 0 Å². The molecule has 2 atom stereocenters. The van der Waals surface area contributed by atoms with Crippen LogP contribution in [0.15, 0.2) is 0 Å². The summed E-state index contributed by atoms with van der Waals surface area (Å²) < 4.78 is 5.49. The zero-order valence-electron chi connectivity index (χ0n) is 8.39. The zero-order chi connectivity index (χ0) is 9.52. The second-order valence-electron chi connectivity index (χ2n) is 3.63. The molecule has 0 aromatic carbocycles. The summed E-state index contributed by atoms with van der Waals surface area (Å²) in [6, 6.07) is 0. The summed E-state index contributed by atoms with van der Waals surface area (Å²) in [6.45, 7) is 5.08. The van der Waals surface area contributed by atoms with Crippen LogP contribution in [0, 0.1) is 0 Å². The number of alkyl halides is 1. The smallest absolute Gasteiger partial charge is 0.0700 e. The van der Waals surface area contributed by atoms with Crippen LogP contribution in [-0.4, -0.2) is 31.2 Å². The Morgan fingerprint density at radius 2 is 2.46 bits per heavy atom. The highest BCUT2D eigenvalue weighted by Crippen LogP contribution is 2.10. The third-order valence-corrected chi connectivity index (χ3v) is 3.00. The van der Waals surface area contributed by atoms with E-state index in [-0.39, 0.29) is 0 Å². The fourth-order valence-electron chi connectivity index (χ4n) is 1.53. The number of hydrogen-bond donors (Lipinski definition) is 1. The molecule has 2 unspecified atom stereocenters. The van der Waals surface area contributed by atoms with Crippen LogP contribution < -0.4 is 5.32 Å². The third-order valence-electron chi connectivity index (χ3n) is 2.47. The standard InChI is InChI=1S/C10H20ClNO/c1-2-9(11)5-6-12-8-10-4-3-7-13-10/h9-10,12H,2-8H2,1H3. The quantitative estimate of drug-likeness (QED) is 0.530. The summed E-state index contributed by atoms with van der Waals surface area (Å²) in [6.07, 6.45) is 5.01. The van der Waals surface area contributed by atoms with Crippen LogP contribution in [0.4, 0.5) is 0 Å². The Balaban J connectivity index is 1.88. The van der Waals surface area contributed by atoms with Gasteiger partial charge in [0.25, 0.3) is 0 Å². The van der Waals surface area contributed by atoms with Crippen molar-refractivity contribution in [1.82, 2.24) is 5.32 Å². The van der Waals surface area contributed by atoms with Crippen LogP contribution in [0.3, 0.4) is 0 Å². The van der Waals surface area contributed by atoms with Gasteiger partial charge < -0.3 is 10.1 Å². The first kappa shape index (κ1) is 11.3. The van der Waals surface area contributed by atoms with Crippen LogP contribution in [-0.2, 0) is 4.74 Å². The lowest BCUT2D eigenvalue weighted by Gasteiger charge is -2.11. The second-order valence-corrected chi connectivity index (χ2v) is 4.25. The number of ether oxygens (including phenoxy) is 1. The van der Waals surface area contributed by atoms with Gasteiger partial charge in [0.2, 0.25) is 0 Å². The minimum atomic E-state index is 0.331. The summed E-state index contributed by atoms with van der Waals surface area (Å²) in [7, 11) is 0. The Morgan fingerprint density at radius 3 is 3.08 bits per heavy atom. The van der Waals surface area contributed by atoms with Gasteiger partial charge in [-0.25, -0.2) is 0 Å². The van der Waals surface area contributed by atoms with Gasteiger partial charge in [0.1, 0.15) is 0 Å². The third kappa shape index (κ3) is 4.84. The number of hydrogen-bond acceptors (Lipinski definition) is 2. The summed E-state index contributed by atoms with van der Waals surface area (Å²) in [4.78, 5) is 0. The van der Waals surface area contributed by atoms with Gasteiger partial charge in [-0.05, 0) is 32.2 Å². The molecule has 0 aromatic rings. The molecule has 3 heteroatoms. The van der Waals surface area contributed by atoms with E-state index in [4.69, 9.17) is 16.3 Å². The predicted molar refractivity (Wildman–Crippen MR) is 56.4 cm³/mol. The summed E-state index contributed by atoms with van der Waals surface area (Å²) in [5.41, 5.74) is 0. The normalized spacial score (nSPS) is 24.9. The van der Waals surface area contributed by atoms with Crippen molar-refractivity contribution in [3.63, 3.8) is 0 Å². The van der Waals surface area contributed by atoms with Gasteiger partial charge in [-0.1, -0.05) is 6.92 Å². The van der Waals surface area contributed by atoms with E-state index in [0.717, 1.165) is 32.5 Å². The zero-order valence-corrected chi connectivity index (χ0v) is 9.15. The summed E-state index contributed by atoms with van der Waals surface area (Å²) in [5, 5.41) is 3.71. The van der Waals surface area contributed by atoms with E-state index in [1.165, 1.54) is 12.8 Å². The van der Waals surface area contributed by atoms with Crippen molar-refractivity contribution in [2.75, 3.05) is 19.7 Å². The number of rotatable bonds is 6. The molecule has 0 saturated carbocycles. The first-order valence-electron chi connectivity index (χ1n) is 5.29. The predicted octanol–water partition coefficient (Wildman–Crippen LogP) is 2.16. The highest BCUT2D eigenvalue weighted by Gasteiger charge is 2.14. The van der Waals surface area contributed by atoms with Gasteiger partial charge in [-0.15, -0.1) is 11.6 Å². The van der Waals surface area contributed by atoms with Gasteiger partial charge in [-0.3, -0.25) is 0 Å². The van der Waals surface area contributed by atoms with Crippen LogP contribution in [0.5, 0.6) is 0 Å². The first-order valence-corrected chi connectivity index (χ1v) is 5.73. The Morgan fingerprint density at radius 1 is 1.62 bits per heavy atom. The topological polar surface area (TPSA) is 21.3 Å². The molecule has 78 valence electrons. The van der Waals surface area contributed by atoms with Crippen LogP contribution in [0.1, 0.15) is 32.6 Å². The molecule has 0 amide bonds. The number of nitrogens with one attached hydrogen (secondary N) is 1. The molecular formula is C10H20ClNO. The lowest BCUT2D eigenvalue weighted by molar-refractivity contribution is 0.110. The SMILES string of the molecule is CCC(Cl)CCNCC1CCCO1. The van der Waals surface area contributed by atoms with Crippen LogP contribution in [0.25, 0.3) is 0 Å². The maximum Gasteiger partial charge on any atom is 0.0700 e. The Bertz CT molecular complexity index is 126. The van der Waals surface area contributed by atoms with E-state index in [1.54, 1.807) is 0 Å². The maximum atomic E-state index is 5.99. The minimum Gasteiger partial charge on any atom is -0.377 e. The minimum absolute atomic E-state index is 0.331. The van der Waals surface area contributed by atoms with E-state index in [0.29, 0.717) is 11.5 Å². The average Bonchev–Trinajstić information content (AvgIpc) is 2.64. The van der Waals surface area contributed by atoms with Gasteiger partial charge in [-0.2, -0.15) is 0 Å². The highest BCUT2D eigenvalue weighted by molar-refractivity contribution is 6.20. The second kappa shape index (κ2) is 6.63. The van der Waals surface area contributed by atoms with Crippen molar-refractivity contribution in [3.05, 3.63) is 0 Å². The molecule has 1 fully saturated rings. The van der Waals surface area contributed by atoms with Gasteiger partial charge in [0.05, 0.1) is 6.10 Å². The lowest BCUT2D eigenvalue weighted by atomic mass is 10.2. The Hall–Kier alpha value is 0.210. The van der Waals surface area contributed by atoms with Gasteiger partial charge >= 0.3 is 0 Å². The van der Waals surface area contributed by atoms with E-state index in [1.807, 2.05) is 0 Å². The molecule has 1 heterocycles. The summed E-state index contributed by atoms with van der Waals surface area (Å²) >= 11 is 5.99. The molecule has 2 nitrogen and oxygen atoms in total. The largest absolute Gasteiger partial charge is 0.377 e. The molecule has 13 heavy (non-hydrogen) atoms. The molecule has 1 rings (SSSR count). The van der Waals surface area contributed by atoms with Crippen molar-refractivity contribution >= 4 is 11.6 Å². The molecule has 0 aliphatic carbocycles. The molecule has 0 bridgehead atoms. The molecule has 1 aliphatic heterocycles. The van der Waals surface area contributed by atoms with E-state index < -0.39 is 0 Å². The van der Waals surface area contributed by atoms with Gasteiger partial charge in [0, 0.05) is 18.5 Å². The van der Waals surface area contributed by atoms with Crippen molar-refractivity contribution < 1.29 is 4.74 Å². The Labute approximate surface area is 86.0 Å². The molecular weight excluding hydrogens is 186 g/mol. The first-order chi connectivity index (χ1) is 6.33. The van der Waals surface area contributed by atoms with E-state index >= 15 is 0 Å². The number of halogens is 1. The molecule has 1 aliphatic rings. The van der Waals surface area contributed by atoms with Crippen molar-refractivity contribution in [2.45, 2.75) is 44.1 Å². The van der Waals surface area contributed by atoms with Crippen molar-refractivity contribution in [3.8, 4) is 0 Å². The summed E-state index contributed by atoms with van der Waals surface area (Å²) in [5.74, 6) is 0. The molecule has 0 aromatic heterocycles. The highest BCUT2D eigenvalue weighted by atomic mass is 35.5. The Kier molecular flexibility index (Phi) is 5.76. The fraction of sp³-hybridized carbons (Fsp3) is 1.00. The average molecular weight is 206 g/mol. The monoisotopic (exact) mass is 205 g/mol. The molecule has 1 saturated heterocycles. The maximum absolute atomic E-state index is 5.99. The van der Waals surface area contributed by atoms with Crippen LogP contribution in [0.2, 0.25) is 0 Å². The van der Waals surface area contributed by atoms with E-state index in [2.05, 4.69) is 12.2 Å². The molecule has 1 N–H and O–H groups in total. The van der Waals surface area contributed by atoms with Gasteiger partial charge in [0.15, 0.2) is 0 Å². The van der Waals surface area contributed by atoms with Crippen molar-refractivity contribution in [1.29, 1.82) is 0 Å². The fourth-order valence-corrected chi connectivity index (χ4v) is 1.64. The lowest BCUT2D eigenvalue weighted by Crippen LogP contribution is -2.28. The molecule has 0 spiro atoms. The van der Waals surface area contributed by atoms with Crippen LogP contribution >= 0.6 is 11.6 Å². The van der Waals surface area contributed by atoms with E-state index in [9.17, 15) is 0 Å². The molecule has 0 radical (unpaired) electrons.